The largest absolute Gasteiger partial charge is 0.497 e. The van der Waals surface area contributed by atoms with Crippen molar-refractivity contribution in [3.63, 3.8) is 0 Å². The lowest BCUT2D eigenvalue weighted by atomic mass is 10.0. The summed E-state index contributed by atoms with van der Waals surface area (Å²) >= 11 is 0. The van der Waals surface area contributed by atoms with E-state index in [1.54, 1.807) is 25.2 Å². The summed E-state index contributed by atoms with van der Waals surface area (Å²) in [6.45, 7) is 2.12. The van der Waals surface area contributed by atoms with Gasteiger partial charge in [0.2, 0.25) is 5.91 Å². The molecule has 34 heavy (non-hydrogen) atoms. The number of carbonyl (C=O) groups excluding carboxylic acids is 2. The van der Waals surface area contributed by atoms with Crippen LogP contribution < -0.4 is 25.4 Å². The third-order valence-corrected chi connectivity index (χ3v) is 5.13. The summed E-state index contributed by atoms with van der Waals surface area (Å²) in [4.78, 5) is 24.7. The molecule has 0 aromatic heterocycles. The number of nitrogens with zero attached hydrogens (tertiary/aromatic N) is 1. The van der Waals surface area contributed by atoms with Crippen LogP contribution in [0.4, 0.5) is 16.2 Å². The van der Waals surface area contributed by atoms with Crippen LogP contribution in [-0.4, -0.2) is 45.4 Å². The van der Waals surface area contributed by atoms with Crippen LogP contribution in [0.5, 0.6) is 11.5 Å². The van der Waals surface area contributed by atoms with Crippen molar-refractivity contribution in [2.24, 2.45) is 0 Å². The molecule has 3 aromatic rings. The minimum atomic E-state index is -0.426. The molecule has 0 spiro atoms. The Morgan fingerprint density at radius 2 is 1.82 bits per heavy atom. The molecule has 2 amide bonds. The van der Waals surface area contributed by atoms with Gasteiger partial charge in [0.05, 0.1) is 33.0 Å². The molecule has 178 valence electrons. The van der Waals surface area contributed by atoms with Gasteiger partial charge in [-0.25, -0.2) is 4.79 Å². The highest BCUT2D eigenvalue weighted by atomic mass is 16.6. The maximum absolute atomic E-state index is 12.1. The number of nitrogens with one attached hydrogen (secondary N) is 1. The van der Waals surface area contributed by atoms with E-state index in [0.29, 0.717) is 24.5 Å². The minimum Gasteiger partial charge on any atom is -0.497 e. The van der Waals surface area contributed by atoms with E-state index in [-0.39, 0.29) is 12.0 Å². The molecule has 1 heterocycles. The Kier molecular flexibility index (Phi) is 8.34. The van der Waals surface area contributed by atoms with Crippen LogP contribution in [-0.2, 0) is 9.53 Å². The molecule has 1 atom stereocenters. The van der Waals surface area contributed by atoms with Crippen LogP contribution in [0.15, 0.2) is 72.8 Å². The molecule has 3 N–H and O–H groups in total. The molecule has 1 fully saturated rings. The van der Waals surface area contributed by atoms with Gasteiger partial charge >= 0.3 is 6.09 Å². The molecule has 0 aliphatic carbocycles. The summed E-state index contributed by atoms with van der Waals surface area (Å²) in [7, 11) is 3.22. The highest BCUT2D eigenvalue weighted by Gasteiger charge is 2.32. The van der Waals surface area contributed by atoms with Crippen molar-refractivity contribution in [2.45, 2.75) is 13.0 Å². The summed E-state index contributed by atoms with van der Waals surface area (Å²) in [6, 6.07) is 22.8. The molecular weight excluding hydrogens is 434 g/mol. The van der Waals surface area contributed by atoms with E-state index in [9.17, 15) is 9.59 Å². The average molecular weight is 464 g/mol. The third-order valence-electron chi connectivity index (χ3n) is 5.13. The Labute approximate surface area is 199 Å². The predicted molar refractivity (Wildman–Crippen MR) is 132 cm³/mol. The molecule has 0 radical (unpaired) electrons. The molecule has 1 aliphatic heterocycles. The third kappa shape index (κ3) is 6.41. The van der Waals surface area contributed by atoms with Gasteiger partial charge in [-0.1, -0.05) is 36.4 Å². The van der Waals surface area contributed by atoms with Gasteiger partial charge in [-0.3, -0.25) is 9.69 Å². The first-order chi connectivity index (χ1) is 16.4. The number of hydrogen-bond donors (Lipinski definition) is 2. The minimum absolute atomic E-state index is 0.150. The molecule has 1 unspecified atom stereocenters. The summed E-state index contributed by atoms with van der Waals surface area (Å²) in [5.74, 6) is 1.33. The lowest BCUT2D eigenvalue weighted by Crippen LogP contribution is -2.33. The van der Waals surface area contributed by atoms with E-state index >= 15 is 0 Å². The highest BCUT2D eigenvalue weighted by molar-refractivity contribution is 5.91. The number of rotatable bonds is 6. The number of hydrogen-bond acceptors (Lipinski definition) is 6. The van der Waals surface area contributed by atoms with E-state index in [4.69, 9.17) is 19.9 Å². The van der Waals surface area contributed by atoms with Gasteiger partial charge < -0.3 is 25.3 Å². The predicted octanol–water partition coefficient (Wildman–Crippen LogP) is 4.10. The van der Waals surface area contributed by atoms with Crippen LogP contribution in [0.25, 0.3) is 11.1 Å². The van der Waals surface area contributed by atoms with Crippen molar-refractivity contribution < 1.29 is 23.8 Å². The maximum atomic E-state index is 12.1. The zero-order chi connectivity index (χ0) is 24.5. The monoisotopic (exact) mass is 463 g/mol. The SMILES string of the molecule is COc1cc(N2CC(CNC(C)=O)OC2=O)ccc1-c1ccccc1.COc1cccc(N)c1. The van der Waals surface area contributed by atoms with Crippen LogP contribution in [0.3, 0.4) is 0 Å². The zero-order valence-corrected chi connectivity index (χ0v) is 19.5. The van der Waals surface area contributed by atoms with Gasteiger partial charge in [0.1, 0.15) is 17.6 Å². The Morgan fingerprint density at radius 3 is 2.44 bits per heavy atom. The van der Waals surface area contributed by atoms with Gasteiger partial charge in [-0.2, -0.15) is 0 Å². The summed E-state index contributed by atoms with van der Waals surface area (Å²) in [5.41, 5.74) is 8.88. The Morgan fingerprint density at radius 1 is 1.06 bits per heavy atom. The van der Waals surface area contributed by atoms with Gasteiger partial charge in [-0.15, -0.1) is 0 Å². The normalized spacial score (nSPS) is 14.5. The quantitative estimate of drug-likeness (QED) is 0.534. The van der Waals surface area contributed by atoms with Crippen molar-refractivity contribution in [3.05, 3.63) is 72.8 Å². The Hall–Kier alpha value is -4.20. The molecule has 8 nitrogen and oxygen atoms in total. The number of cyclic esters (lactones) is 1. The lowest BCUT2D eigenvalue weighted by molar-refractivity contribution is -0.119. The van der Waals surface area contributed by atoms with Crippen LogP contribution in [0.1, 0.15) is 6.92 Å². The van der Waals surface area contributed by atoms with Crippen molar-refractivity contribution in [1.82, 2.24) is 5.32 Å². The number of benzene rings is 3. The van der Waals surface area contributed by atoms with Crippen molar-refractivity contribution in [2.75, 3.05) is 37.9 Å². The number of amides is 2. The first-order valence-electron chi connectivity index (χ1n) is 10.8. The molecule has 8 heteroatoms. The van der Waals surface area contributed by atoms with Crippen LogP contribution in [0.2, 0.25) is 0 Å². The number of methoxy groups -OCH3 is 2. The number of anilines is 2. The molecule has 3 aromatic carbocycles. The van der Waals surface area contributed by atoms with Gasteiger partial charge in [0, 0.05) is 30.3 Å². The average Bonchev–Trinajstić information content (AvgIpc) is 3.23. The van der Waals surface area contributed by atoms with Crippen molar-refractivity contribution >= 4 is 23.4 Å². The number of nitrogen functional groups attached to an aromatic ring is 1. The van der Waals surface area contributed by atoms with E-state index in [1.807, 2.05) is 66.7 Å². The molecule has 1 saturated heterocycles. The Bertz CT molecular complexity index is 1120. The number of ether oxygens (including phenoxy) is 3. The van der Waals surface area contributed by atoms with Gasteiger partial charge in [-0.05, 0) is 29.8 Å². The zero-order valence-electron chi connectivity index (χ0n) is 19.5. The summed E-state index contributed by atoms with van der Waals surface area (Å²) < 4.78 is 15.7. The van der Waals surface area contributed by atoms with E-state index in [2.05, 4.69) is 5.32 Å². The standard InChI is InChI=1S/C19H20N2O4.C7H9NO/c1-13(22)20-11-16-12-21(19(23)25-16)15-8-9-17(18(10-15)24-2)14-6-4-3-5-7-14;1-9-7-4-2-3-6(8)5-7/h3-10,16H,11-12H2,1-2H3,(H,20,22);2-5H,8H2,1H3. The highest BCUT2D eigenvalue weighted by Crippen LogP contribution is 2.34. The van der Waals surface area contributed by atoms with Gasteiger partial charge in [0.15, 0.2) is 0 Å². The molecule has 4 rings (SSSR count). The molecular formula is C26H29N3O5. The summed E-state index contributed by atoms with van der Waals surface area (Å²) in [5, 5.41) is 2.67. The van der Waals surface area contributed by atoms with E-state index < -0.39 is 6.09 Å². The fourth-order valence-electron chi connectivity index (χ4n) is 3.44. The fourth-order valence-corrected chi connectivity index (χ4v) is 3.44. The second-order valence-corrected chi connectivity index (χ2v) is 7.58. The molecule has 0 bridgehead atoms. The first-order valence-corrected chi connectivity index (χ1v) is 10.8. The molecule has 1 aliphatic rings. The van der Waals surface area contributed by atoms with E-state index in [0.717, 1.165) is 22.6 Å². The second-order valence-electron chi connectivity index (χ2n) is 7.58. The topological polar surface area (TPSA) is 103 Å². The van der Waals surface area contributed by atoms with Crippen LogP contribution in [0, 0.1) is 0 Å². The molecule has 0 saturated carbocycles. The number of carbonyl (C=O) groups is 2. The van der Waals surface area contributed by atoms with Crippen LogP contribution >= 0.6 is 0 Å². The fraction of sp³-hybridized carbons (Fsp3) is 0.231. The lowest BCUT2D eigenvalue weighted by Gasteiger charge is -2.16. The van der Waals surface area contributed by atoms with Gasteiger partial charge in [0.25, 0.3) is 0 Å². The smallest absolute Gasteiger partial charge is 0.414 e. The van der Waals surface area contributed by atoms with Crippen molar-refractivity contribution in [3.8, 4) is 22.6 Å². The number of nitrogens with two attached hydrogens (primary N) is 1. The Balaban J connectivity index is 0.000000302. The van der Waals surface area contributed by atoms with Crippen molar-refractivity contribution in [1.29, 1.82) is 0 Å². The first kappa shape index (κ1) is 24.4. The second kappa shape index (κ2) is 11.6. The summed E-state index contributed by atoms with van der Waals surface area (Å²) in [6.07, 6.45) is -0.791. The van der Waals surface area contributed by atoms with E-state index in [1.165, 1.54) is 6.92 Å². The maximum Gasteiger partial charge on any atom is 0.414 e.